The molecule has 3 saturated heterocycles. The molecule has 0 spiro atoms. The fourth-order valence-electron chi connectivity index (χ4n) is 8.95. The number of amides is 1. The molecule has 1 amide bonds. The first-order chi connectivity index (χ1) is 25.9. The molecule has 6 atom stereocenters. The van der Waals surface area contributed by atoms with Crippen LogP contribution in [0.2, 0.25) is 10.0 Å². The molecule has 0 unspecified atom stereocenters. The highest BCUT2D eigenvalue weighted by Crippen LogP contribution is 2.52. The number of aromatic nitrogens is 3. The third kappa shape index (κ3) is 5.46. The van der Waals surface area contributed by atoms with E-state index in [0.717, 1.165) is 47.3 Å². The van der Waals surface area contributed by atoms with Crippen molar-refractivity contribution in [2.75, 3.05) is 6.54 Å². The van der Waals surface area contributed by atoms with Gasteiger partial charge < -0.3 is 19.5 Å². The molecular formula is C40H39Cl2FN6O2S. The number of ether oxygens (including phenoxy) is 1. The van der Waals surface area contributed by atoms with Crippen molar-refractivity contribution in [3.8, 4) is 17.2 Å². The minimum atomic E-state index is -2.14. The second kappa shape index (κ2) is 13.1. The van der Waals surface area contributed by atoms with Crippen molar-refractivity contribution in [1.82, 2.24) is 24.1 Å². The zero-order chi connectivity index (χ0) is 37.8. The van der Waals surface area contributed by atoms with E-state index >= 15 is 4.39 Å². The highest BCUT2D eigenvalue weighted by Gasteiger charge is 2.52. The second-order valence-corrected chi connectivity index (χ2v) is 16.7. The van der Waals surface area contributed by atoms with Gasteiger partial charge in [-0.1, -0.05) is 35.3 Å². The lowest BCUT2D eigenvalue weighted by Crippen LogP contribution is -2.43. The summed E-state index contributed by atoms with van der Waals surface area (Å²) in [4.78, 5) is 22.0. The van der Waals surface area contributed by atoms with E-state index < -0.39 is 30.6 Å². The summed E-state index contributed by atoms with van der Waals surface area (Å²) in [7, 11) is 0. The van der Waals surface area contributed by atoms with Gasteiger partial charge in [0.25, 0.3) is 0 Å². The van der Waals surface area contributed by atoms with Crippen molar-refractivity contribution < 1.29 is 16.7 Å². The Morgan fingerprint density at radius 3 is 2.73 bits per heavy atom. The quantitative estimate of drug-likeness (QED) is 0.161. The molecular weight excluding hydrogens is 718 g/mol. The molecule has 2 bridgehead atoms. The molecule has 1 N–H and O–H groups in total. The van der Waals surface area contributed by atoms with Crippen molar-refractivity contribution in [2.45, 2.75) is 96.1 Å². The lowest BCUT2D eigenvalue weighted by Gasteiger charge is -2.39. The molecule has 0 radical (unpaired) electrons. The molecule has 3 aromatic heterocycles. The van der Waals surface area contributed by atoms with Crippen LogP contribution in [0.4, 0.5) is 4.39 Å². The van der Waals surface area contributed by atoms with Crippen molar-refractivity contribution in [1.29, 1.82) is 5.26 Å². The number of nitriles is 1. The molecule has 5 aromatic rings. The first-order valence-corrected chi connectivity index (χ1v) is 19.6. The molecule has 5 fully saturated rings. The van der Waals surface area contributed by atoms with Crippen LogP contribution < -0.4 is 5.32 Å². The summed E-state index contributed by atoms with van der Waals surface area (Å²) in [5, 5.41) is 15.3. The molecule has 6 heterocycles. The van der Waals surface area contributed by atoms with E-state index in [4.69, 9.17) is 35.7 Å². The molecule has 3 aliphatic heterocycles. The van der Waals surface area contributed by atoms with E-state index in [2.05, 4.69) is 26.4 Å². The molecule has 2 aliphatic carbocycles. The van der Waals surface area contributed by atoms with Gasteiger partial charge >= 0.3 is 0 Å². The highest BCUT2D eigenvalue weighted by atomic mass is 35.5. The number of aryl methyl sites for hydroxylation is 3. The van der Waals surface area contributed by atoms with Gasteiger partial charge in [0.05, 0.1) is 60.9 Å². The first-order valence-electron chi connectivity index (χ1n) is 19.0. The number of hydrogen-bond acceptors (Lipinski definition) is 7. The number of likely N-dealkylation sites (tertiary alicyclic amines) is 1. The number of hydrogen-bond donors (Lipinski definition) is 1. The third-order valence-electron chi connectivity index (χ3n) is 11.7. The number of rotatable bonds is 9. The lowest BCUT2D eigenvalue weighted by atomic mass is 9.79. The fraction of sp³-hybridized carbons (Fsp3) is 0.450. The summed E-state index contributed by atoms with van der Waals surface area (Å²) in [6.07, 6.45) is 2.94. The van der Waals surface area contributed by atoms with Crippen LogP contribution >= 0.6 is 34.7 Å². The monoisotopic (exact) mass is 758 g/mol. The maximum absolute atomic E-state index is 17.3. The van der Waals surface area contributed by atoms with Crippen LogP contribution in [0.3, 0.4) is 0 Å². The molecule has 52 heavy (non-hydrogen) atoms. The van der Waals surface area contributed by atoms with Crippen LogP contribution in [0.5, 0.6) is 0 Å². The molecule has 10 rings (SSSR count). The summed E-state index contributed by atoms with van der Waals surface area (Å²) >= 11 is 14.3. The molecule has 5 aliphatic rings. The number of nitrogens with one attached hydrogen (secondary N) is 1. The molecule has 2 aromatic carbocycles. The average molecular weight is 760 g/mol. The maximum atomic E-state index is 17.3. The van der Waals surface area contributed by atoms with Crippen LogP contribution in [0, 0.1) is 42.8 Å². The standard InChI is InChI=1S/C40H39Cl2FN6O2S/c1-19-12-25(47-52-19)18-51-33-16-32(48(21(33)3)40(50)22-9-10-22)31-15-27-20(2)46-37-28(39(27)49(31)38-24-14-30(38)45-17-24)13-23(6-5-11-44)34(36(37)43)26-7-4-8-29(41)35(26)42/h4,7-8,12-13,15,21-22,24,30,32-33,38,45H,5-6,9-10,14,16-18H2,1-3H3/t21-,24-,30-,32-,33+,38+/m1/s1/i18D2. The lowest BCUT2D eigenvalue weighted by molar-refractivity contribution is -0.136. The minimum absolute atomic E-state index is 0.0581. The van der Waals surface area contributed by atoms with Gasteiger partial charge in [-0.3, -0.25) is 4.79 Å². The Morgan fingerprint density at radius 2 is 2.04 bits per heavy atom. The van der Waals surface area contributed by atoms with Gasteiger partial charge in [-0.15, -0.1) is 0 Å². The summed E-state index contributed by atoms with van der Waals surface area (Å²) in [5.74, 6) is -0.182. The number of fused-ring (bicyclic) bond motifs is 4. The van der Waals surface area contributed by atoms with Gasteiger partial charge in [0.1, 0.15) is 5.52 Å². The minimum Gasteiger partial charge on any atom is -0.370 e. The van der Waals surface area contributed by atoms with E-state index in [1.165, 1.54) is 11.5 Å². The number of carbonyl (C=O) groups excluding carboxylic acids is 1. The molecule has 268 valence electrons. The predicted octanol–water partition coefficient (Wildman–Crippen LogP) is 9.02. The number of halogens is 3. The summed E-state index contributed by atoms with van der Waals surface area (Å²) < 4.78 is 48.0. The van der Waals surface area contributed by atoms with Crippen LogP contribution in [0.25, 0.3) is 32.9 Å². The molecule has 8 nitrogen and oxygen atoms in total. The Kier molecular flexibility index (Phi) is 8.01. The van der Waals surface area contributed by atoms with Crippen LogP contribution in [0.1, 0.15) is 81.4 Å². The zero-order valence-electron chi connectivity index (χ0n) is 31.1. The second-order valence-electron chi connectivity index (χ2n) is 14.9. The van der Waals surface area contributed by atoms with Gasteiger partial charge in [-0.2, -0.15) is 9.64 Å². The van der Waals surface area contributed by atoms with Crippen LogP contribution in [-0.2, 0) is 22.5 Å². The van der Waals surface area contributed by atoms with Crippen molar-refractivity contribution in [3.63, 3.8) is 0 Å². The van der Waals surface area contributed by atoms with Gasteiger partial charge in [-0.05, 0) is 93.7 Å². The topological polar surface area (TPSA) is 96.1 Å². The Balaban J connectivity index is 1.26. The summed E-state index contributed by atoms with van der Waals surface area (Å²) in [6.45, 7) is 4.44. The molecule has 2 saturated carbocycles. The van der Waals surface area contributed by atoms with E-state index in [1.807, 2.05) is 31.7 Å². The smallest absolute Gasteiger partial charge is 0.226 e. The van der Waals surface area contributed by atoms with Crippen molar-refractivity contribution in [2.24, 2.45) is 11.8 Å². The number of carbonyl (C=O) groups is 1. The van der Waals surface area contributed by atoms with Gasteiger partial charge in [-0.25, -0.2) is 9.37 Å². The van der Waals surface area contributed by atoms with Gasteiger partial charge in [0.2, 0.25) is 5.91 Å². The third-order valence-corrected chi connectivity index (χ3v) is 13.2. The highest BCUT2D eigenvalue weighted by molar-refractivity contribution is 7.05. The summed E-state index contributed by atoms with van der Waals surface area (Å²) in [6, 6.07) is 12.6. The maximum Gasteiger partial charge on any atom is 0.226 e. The van der Waals surface area contributed by atoms with Gasteiger partial charge in [0.15, 0.2) is 5.82 Å². The predicted molar refractivity (Wildman–Crippen MR) is 202 cm³/mol. The zero-order valence-corrected chi connectivity index (χ0v) is 31.4. The van der Waals surface area contributed by atoms with E-state index in [0.29, 0.717) is 46.0 Å². The van der Waals surface area contributed by atoms with Crippen molar-refractivity contribution in [3.05, 3.63) is 79.8 Å². The Labute approximate surface area is 318 Å². The molecule has 12 heteroatoms. The normalized spacial score (nSPS) is 26.1. The number of nitrogens with zero attached hydrogens (tertiary/aromatic N) is 5. The van der Waals surface area contributed by atoms with E-state index in [-0.39, 0.29) is 52.1 Å². The van der Waals surface area contributed by atoms with Crippen LogP contribution in [-0.4, -0.2) is 49.5 Å². The van der Waals surface area contributed by atoms with Gasteiger partial charge in [0, 0.05) is 69.5 Å². The van der Waals surface area contributed by atoms with Crippen molar-refractivity contribution >= 4 is 62.4 Å². The Bertz CT molecular complexity index is 2400. The van der Waals surface area contributed by atoms with E-state index in [1.54, 1.807) is 24.3 Å². The van der Waals surface area contributed by atoms with E-state index in [9.17, 15) is 10.1 Å². The summed E-state index contributed by atoms with van der Waals surface area (Å²) in [5.41, 5.74) is 4.22. The fourth-order valence-corrected chi connectivity index (χ4v) is 9.84. The largest absolute Gasteiger partial charge is 0.370 e. The number of benzene rings is 2. The average Bonchev–Trinajstić information content (AvgIpc) is 3.52. The van der Waals surface area contributed by atoms with Crippen LogP contribution in [0.15, 0.2) is 36.4 Å². The SMILES string of the molecule is [2H]C([2H])(O[C@H]1C[C@H](c2cc3c(C)nc4c(F)c(-c5cccc(Cl)c5Cl)c(CCC#N)cc4c3n2[C@H]2[C@H]3CN[C@@H]2C3)N(C(=O)C2CC2)[C@@H]1C)c1cc(C)sn1. The number of pyridine rings is 1. The first kappa shape index (κ1) is 31.9. The Hall–Kier alpha value is -3.59. The Morgan fingerprint density at radius 1 is 1.21 bits per heavy atom.